The van der Waals surface area contributed by atoms with E-state index in [1.54, 1.807) is 18.2 Å². The predicted molar refractivity (Wildman–Crippen MR) is 127 cm³/mol. The van der Waals surface area contributed by atoms with E-state index in [-0.39, 0.29) is 11.6 Å². The van der Waals surface area contributed by atoms with Crippen LogP contribution in [0.25, 0.3) is 10.8 Å². The van der Waals surface area contributed by atoms with Crippen LogP contribution in [0.2, 0.25) is 0 Å². The summed E-state index contributed by atoms with van der Waals surface area (Å²) in [5, 5.41) is 1.47. The number of benzene rings is 3. The van der Waals surface area contributed by atoms with E-state index >= 15 is 4.39 Å². The van der Waals surface area contributed by atoms with E-state index in [4.69, 9.17) is 0 Å². The lowest BCUT2D eigenvalue weighted by Gasteiger charge is -2.29. The third kappa shape index (κ3) is 5.90. The molecule has 1 saturated carbocycles. The molecule has 33 heavy (non-hydrogen) atoms. The lowest BCUT2D eigenvalue weighted by molar-refractivity contribution is -0.0498. The van der Waals surface area contributed by atoms with Gasteiger partial charge in [-0.25, -0.2) is 4.39 Å². The molecule has 3 aromatic rings. The van der Waals surface area contributed by atoms with E-state index in [1.807, 2.05) is 12.1 Å². The molecule has 4 rings (SSSR count). The highest BCUT2D eigenvalue weighted by Gasteiger charge is 2.22. The van der Waals surface area contributed by atoms with Crippen LogP contribution in [-0.4, -0.2) is 6.61 Å². The van der Waals surface area contributed by atoms with Crippen molar-refractivity contribution in [2.75, 3.05) is 0 Å². The van der Waals surface area contributed by atoms with Gasteiger partial charge in [-0.1, -0.05) is 62.3 Å². The van der Waals surface area contributed by atoms with Gasteiger partial charge in [-0.05, 0) is 78.8 Å². The first-order valence-corrected chi connectivity index (χ1v) is 11.8. The molecule has 0 amide bonds. The van der Waals surface area contributed by atoms with E-state index in [0.717, 1.165) is 11.3 Å². The zero-order valence-electron chi connectivity index (χ0n) is 18.9. The molecule has 1 aliphatic carbocycles. The van der Waals surface area contributed by atoms with Crippen LogP contribution in [0.15, 0.2) is 54.6 Å². The first-order chi connectivity index (χ1) is 16.0. The SMILES string of the molecule is CCCCC1CCC(c2ccc3c(F)c(C#Cc4ccc(OC(F)F)cc4)ccc3c2)CC1. The Morgan fingerprint density at radius 1 is 0.939 bits per heavy atom. The molecule has 0 heterocycles. The van der Waals surface area contributed by atoms with Gasteiger partial charge in [-0.2, -0.15) is 8.78 Å². The molecular formula is C29H29F3O. The molecule has 0 spiro atoms. The first-order valence-electron chi connectivity index (χ1n) is 11.8. The lowest BCUT2D eigenvalue weighted by atomic mass is 9.77. The molecular weight excluding hydrogens is 421 g/mol. The molecule has 1 fully saturated rings. The van der Waals surface area contributed by atoms with Gasteiger partial charge in [0.25, 0.3) is 0 Å². The Balaban J connectivity index is 1.47. The van der Waals surface area contributed by atoms with Crippen molar-refractivity contribution in [1.29, 1.82) is 0 Å². The Labute approximate surface area is 194 Å². The summed E-state index contributed by atoms with van der Waals surface area (Å²) in [6.07, 6.45) is 8.96. The monoisotopic (exact) mass is 450 g/mol. The summed E-state index contributed by atoms with van der Waals surface area (Å²) in [5.74, 6) is 6.93. The second kappa shape index (κ2) is 10.8. The van der Waals surface area contributed by atoms with Crippen LogP contribution in [0.1, 0.15) is 74.5 Å². The molecule has 172 valence electrons. The Hall–Kier alpha value is -2.93. The number of unbranched alkanes of at least 4 members (excludes halogenated alkanes) is 1. The maximum absolute atomic E-state index is 15.1. The molecule has 3 aromatic carbocycles. The fourth-order valence-corrected chi connectivity index (χ4v) is 4.80. The van der Waals surface area contributed by atoms with Crippen molar-refractivity contribution >= 4 is 10.8 Å². The minimum Gasteiger partial charge on any atom is -0.435 e. The second-order valence-electron chi connectivity index (χ2n) is 8.92. The number of fused-ring (bicyclic) bond motifs is 1. The van der Waals surface area contributed by atoms with Crippen molar-refractivity contribution in [3.63, 3.8) is 0 Å². The number of halogens is 3. The molecule has 0 aliphatic heterocycles. The van der Waals surface area contributed by atoms with Crippen LogP contribution in [0, 0.1) is 23.6 Å². The fourth-order valence-electron chi connectivity index (χ4n) is 4.80. The molecule has 0 N–H and O–H groups in total. The highest BCUT2D eigenvalue weighted by atomic mass is 19.3. The molecule has 4 heteroatoms. The van der Waals surface area contributed by atoms with Gasteiger partial charge < -0.3 is 4.74 Å². The van der Waals surface area contributed by atoms with Gasteiger partial charge in [0.2, 0.25) is 0 Å². The molecule has 1 aliphatic rings. The summed E-state index contributed by atoms with van der Waals surface area (Å²) in [6.45, 7) is -0.613. The average molecular weight is 451 g/mol. The number of hydrogen-bond donors (Lipinski definition) is 0. The molecule has 0 atom stereocenters. The van der Waals surface area contributed by atoms with E-state index in [1.165, 1.54) is 62.6 Å². The molecule has 0 aromatic heterocycles. The molecule has 0 bridgehead atoms. The zero-order valence-corrected chi connectivity index (χ0v) is 18.9. The zero-order chi connectivity index (χ0) is 23.2. The quantitative estimate of drug-likeness (QED) is 0.342. The van der Waals surface area contributed by atoms with E-state index in [9.17, 15) is 8.78 Å². The minimum absolute atomic E-state index is 0.0673. The van der Waals surface area contributed by atoms with Crippen molar-refractivity contribution < 1.29 is 17.9 Å². The summed E-state index contributed by atoms with van der Waals surface area (Å²) in [6, 6.07) is 15.7. The smallest absolute Gasteiger partial charge is 0.387 e. The summed E-state index contributed by atoms with van der Waals surface area (Å²) in [7, 11) is 0. The minimum atomic E-state index is -2.87. The normalized spacial score (nSPS) is 18.2. The molecule has 0 saturated heterocycles. The van der Waals surface area contributed by atoms with Crippen molar-refractivity contribution in [3.05, 3.63) is 77.1 Å². The second-order valence-corrected chi connectivity index (χ2v) is 8.92. The van der Waals surface area contributed by atoms with Gasteiger partial charge >= 0.3 is 6.61 Å². The average Bonchev–Trinajstić information content (AvgIpc) is 2.83. The lowest BCUT2D eigenvalue weighted by Crippen LogP contribution is -2.13. The summed E-state index contributed by atoms with van der Waals surface area (Å²) < 4.78 is 44.0. The van der Waals surface area contributed by atoms with Crippen molar-refractivity contribution in [2.45, 2.75) is 64.4 Å². The number of hydrogen-bond acceptors (Lipinski definition) is 1. The van der Waals surface area contributed by atoms with Gasteiger partial charge in [0, 0.05) is 10.9 Å². The van der Waals surface area contributed by atoms with E-state index in [2.05, 4.69) is 35.6 Å². The van der Waals surface area contributed by atoms with Gasteiger partial charge in [0.05, 0.1) is 5.56 Å². The Bertz CT molecular complexity index is 1130. The third-order valence-electron chi connectivity index (χ3n) is 6.68. The predicted octanol–water partition coefficient (Wildman–Crippen LogP) is 8.44. The summed E-state index contributed by atoms with van der Waals surface area (Å²) in [5.41, 5.74) is 2.22. The number of ether oxygens (including phenoxy) is 1. The van der Waals surface area contributed by atoms with Crippen molar-refractivity contribution in [1.82, 2.24) is 0 Å². The standard InChI is InChI=1S/C29H29F3O/c1-2-3-4-20-5-10-22(11-6-20)24-15-18-27-25(19-24)14-13-23(28(27)30)12-7-21-8-16-26(17-9-21)33-29(31)32/h8-9,13-20,22,29H,2-6,10-11H2,1H3. The Kier molecular flexibility index (Phi) is 7.60. The fraction of sp³-hybridized carbons (Fsp3) is 0.379. The molecule has 0 unspecified atom stereocenters. The Morgan fingerprint density at radius 2 is 1.70 bits per heavy atom. The molecule has 1 nitrogen and oxygen atoms in total. The number of alkyl halides is 2. The van der Waals surface area contributed by atoms with E-state index in [0.29, 0.717) is 22.4 Å². The third-order valence-corrected chi connectivity index (χ3v) is 6.68. The Morgan fingerprint density at radius 3 is 2.39 bits per heavy atom. The highest BCUT2D eigenvalue weighted by Crippen LogP contribution is 2.38. The van der Waals surface area contributed by atoms with Gasteiger partial charge in [0.15, 0.2) is 0 Å². The van der Waals surface area contributed by atoms with Gasteiger partial charge in [-0.3, -0.25) is 0 Å². The van der Waals surface area contributed by atoms with Crippen LogP contribution in [0.3, 0.4) is 0 Å². The van der Waals surface area contributed by atoms with Gasteiger partial charge in [-0.15, -0.1) is 0 Å². The maximum Gasteiger partial charge on any atom is 0.387 e. The molecule has 0 radical (unpaired) electrons. The van der Waals surface area contributed by atoms with Crippen LogP contribution >= 0.6 is 0 Å². The summed E-state index contributed by atoms with van der Waals surface area (Å²) >= 11 is 0. The van der Waals surface area contributed by atoms with E-state index < -0.39 is 6.61 Å². The topological polar surface area (TPSA) is 9.23 Å². The summed E-state index contributed by atoms with van der Waals surface area (Å²) in [4.78, 5) is 0. The number of rotatable bonds is 6. The van der Waals surface area contributed by atoms with Crippen LogP contribution in [0.5, 0.6) is 5.75 Å². The van der Waals surface area contributed by atoms with Crippen LogP contribution in [-0.2, 0) is 0 Å². The van der Waals surface area contributed by atoms with Crippen LogP contribution in [0.4, 0.5) is 13.2 Å². The first kappa shape index (κ1) is 23.2. The van der Waals surface area contributed by atoms with Gasteiger partial charge in [0.1, 0.15) is 11.6 Å². The largest absolute Gasteiger partial charge is 0.435 e. The maximum atomic E-state index is 15.1. The highest BCUT2D eigenvalue weighted by molar-refractivity contribution is 5.85. The van der Waals surface area contributed by atoms with Crippen molar-refractivity contribution in [2.24, 2.45) is 5.92 Å². The van der Waals surface area contributed by atoms with Crippen LogP contribution < -0.4 is 4.74 Å². The van der Waals surface area contributed by atoms with Crippen molar-refractivity contribution in [3.8, 4) is 17.6 Å².